The Morgan fingerprint density at radius 2 is 2.17 bits per heavy atom. The summed E-state index contributed by atoms with van der Waals surface area (Å²) < 4.78 is 21.1. The summed E-state index contributed by atoms with van der Waals surface area (Å²) in [4.78, 5) is 18.5. The number of piperidine rings is 1. The first-order valence-electron chi connectivity index (χ1n) is 10.5. The largest absolute Gasteiger partial charge is 0.493 e. The molecule has 0 spiro atoms. The number of halogens is 1. The number of aromatic nitrogens is 3. The van der Waals surface area contributed by atoms with Gasteiger partial charge in [-0.1, -0.05) is 17.3 Å². The van der Waals surface area contributed by atoms with E-state index in [-0.39, 0.29) is 18.4 Å². The second-order valence-corrected chi connectivity index (χ2v) is 7.84. The molecule has 8 nitrogen and oxygen atoms in total. The van der Waals surface area contributed by atoms with Crippen molar-refractivity contribution in [1.82, 2.24) is 25.4 Å². The number of fused-ring (bicyclic) bond motifs is 1. The third-order valence-corrected chi connectivity index (χ3v) is 5.69. The summed E-state index contributed by atoms with van der Waals surface area (Å²) in [5.41, 5.74) is 5.39. The predicted octanol–water partition coefficient (Wildman–Crippen LogP) is 2.19. The highest BCUT2D eigenvalue weighted by Gasteiger charge is 2.25. The molecule has 0 radical (unpaired) electrons. The third kappa shape index (κ3) is 4.96. The van der Waals surface area contributed by atoms with Crippen LogP contribution in [0.3, 0.4) is 0 Å². The number of ether oxygens (including phenoxy) is 1. The van der Waals surface area contributed by atoms with Gasteiger partial charge in [0.05, 0.1) is 24.8 Å². The second kappa shape index (κ2) is 9.53. The van der Waals surface area contributed by atoms with Crippen LogP contribution in [-0.2, 0) is 22.6 Å². The molecule has 1 fully saturated rings. The van der Waals surface area contributed by atoms with E-state index in [1.165, 1.54) is 5.56 Å². The van der Waals surface area contributed by atoms with E-state index >= 15 is 0 Å². The van der Waals surface area contributed by atoms with Gasteiger partial charge in [0, 0.05) is 51.3 Å². The average molecular weight is 417 g/mol. The van der Waals surface area contributed by atoms with E-state index in [0.29, 0.717) is 25.9 Å². The van der Waals surface area contributed by atoms with Crippen molar-refractivity contribution in [2.24, 2.45) is 0 Å². The van der Waals surface area contributed by atoms with Gasteiger partial charge in [-0.25, -0.2) is 9.07 Å². The minimum absolute atomic E-state index is 0.0515. The molecule has 0 amide bonds. The molecular formula is C21H28FN5O3. The first-order valence-corrected chi connectivity index (χ1v) is 10.5. The summed E-state index contributed by atoms with van der Waals surface area (Å²) in [6, 6.07) is 6.36. The molecule has 0 bridgehead atoms. The molecule has 0 aliphatic carbocycles. The maximum absolute atomic E-state index is 13.4. The molecule has 0 saturated carbocycles. The maximum atomic E-state index is 13.4. The zero-order valence-corrected chi connectivity index (χ0v) is 17.2. The summed E-state index contributed by atoms with van der Waals surface area (Å²) in [6.07, 6.45) is 3.99. The first kappa shape index (κ1) is 20.7. The molecule has 9 heteroatoms. The third-order valence-electron chi connectivity index (χ3n) is 5.69. The molecule has 1 aromatic carbocycles. The summed E-state index contributed by atoms with van der Waals surface area (Å²) >= 11 is 0. The van der Waals surface area contributed by atoms with E-state index in [1.54, 1.807) is 7.05 Å². The van der Waals surface area contributed by atoms with E-state index in [9.17, 15) is 9.18 Å². The number of hydrogen-bond donors (Lipinski definition) is 1. The average Bonchev–Trinajstić information content (AvgIpc) is 3.22. The van der Waals surface area contributed by atoms with Crippen LogP contribution in [0.2, 0.25) is 0 Å². The van der Waals surface area contributed by atoms with Crippen LogP contribution >= 0.6 is 0 Å². The van der Waals surface area contributed by atoms with Crippen LogP contribution in [0.5, 0.6) is 5.75 Å². The van der Waals surface area contributed by atoms with Crippen LogP contribution in [0.15, 0.2) is 24.4 Å². The van der Waals surface area contributed by atoms with E-state index in [2.05, 4.69) is 38.9 Å². The lowest BCUT2D eigenvalue weighted by Crippen LogP contribution is -2.33. The van der Waals surface area contributed by atoms with Gasteiger partial charge in [0.2, 0.25) is 0 Å². The highest BCUT2D eigenvalue weighted by molar-refractivity contribution is 5.69. The Balaban J connectivity index is 1.42. The van der Waals surface area contributed by atoms with Crippen LogP contribution in [0, 0.1) is 0 Å². The molecule has 1 atom stereocenters. The predicted molar refractivity (Wildman–Crippen MR) is 108 cm³/mol. The number of hydroxylamine groups is 1. The Hall–Kier alpha value is -2.52. The molecule has 3 heterocycles. The number of aryl methyl sites for hydroxylation is 1. The zero-order valence-electron chi connectivity index (χ0n) is 17.2. The number of carbonyl (C=O) groups excluding carboxylic acids is 1. The summed E-state index contributed by atoms with van der Waals surface area (Å²) in [7, 11) is 1.55. The lowest BCUT2D eigenvalue weighted by Gasteiger charge is -2.30. The summed E-state index contributed by atoms with van der Waals surface area (Å²) in [6.45, 7) is 3.01. The van der Waals surface area contributed by atoms with Gasteiger partial charge >= 0.3 is 5.97 Å². The van der Waals surface area contributed by atoms with Gasteiger partial charge in [-0.3, -0.25) is 9.69 Å². The lowest BCUT2D eigenvalue weighted by molar-refractivity contribution is -0.149. The number of rotatable bonds is 7. The Kier molecular flexibility index (Phi) is 6.59. The van der Waals surface area contributed by atoms with Crippen molar-refractivity contribution in [2.75, 3.05) is 26.7 Å². The summed E-state index contributed by atoms with van der Waals surface area (Å²) in [5.74, 6) is 0.547. The fourth-order valence-corrected chi connectivity index (χ4v) is 4.08. The normalized spacial score (nSPS) is 19.9. The van der Waals surface area contributed by atoms with Crippen molar-refractivity contribution in [3.8, 4) is 5.75 Å². The molecule has 1 saturated heterocycles. The summed E-state index contributed by atoms with van der Waals surface area (Å²) in [5, 5.41) is 8.49. The quantitative estimate of drug-likeness (QED) is 0.692. The standard InChI is InChI=1S/C21H28FN5O3/c1-23-30-21(28)5-3-17-14-27(25-24-17)19-8-11-29-20-12-15(2-4-18(19)20)13-26-9-6-16(22)7-10-26/h2,4,12,14,16,19,23H,3,5-11,13H2,1H3/t19-/m1/s1. The van der Waals surface area contributed by atoms with Gasteiger partial charge in [0.1, 0.15) is 11.9 Å². The number of alkyl halides is 1. The monoisotopic (exact) mass is 417 g/mol. The second-order valence-electron chi connectivity index (χ2n) is 7.84. The fraction of sp³-hybridized carbons (Fsp3) is 0.571. The van der Waals surface area contributed by atoms with E-state index in [1.807, 2.05) is 10.9 Å². The molecule has 2 aliphatic rings. The van der Waals surface area contributed by atoms with Crippen LogP contribution in [0.4, 0.5) is 4.39 Å². The van der Waals surface area contributed by atoms with E-state index in [0.717, 1.165) is 43.1 Å². The van der Waals surface area contributed by atoms with Crippen molar-refractivity contribution in [1.29, 1.82) is 0 Å². The number of benzene rings is 1. The van der Waals surface area contributed by atoms with Crippen molar-refractivity contribution >= 4 is 5.97 Å². The molecule has 0 unspecified atom stereocenters. The van der Waals surface area contributed by atoms with E-state index < -0.39 is 6.17 Å². The number of carbonyl (C=O) groups is 1. The van der Waals surface area contributed by atoms with Gasteiger partial charge in [0.15, 0.2) is 0 Å². The zero-order chi connectivity index (χ0) is 20.9. The van der Waals surface area contributed by atoms with Gasteiger partial charge in [-0.05, 0) is 24.5 Å². The number of nitrogens with one attached hydrogen (secondary N) is 1. The smallest absolute Gasteiger partial charge is 0.325 e. The van der Waals surface area contributed by atoms with Crippen LogP contribution < -0.4 is 10.2 Å². The molecule has 30 heavy (non-hydrogen) atoms. The SMILES string of the molecule is CNOC(=O)CCc1cn([C@@H]2CCOc3cc(CN4CCC(F)CC4)ccc32)nn1. The number of likely N-dealkylation sites (tertiary alicyclic amines) is 1. The minimum Gasteiger partial charge on any atom is -0.493 e. The lowest BCUT2D eigenvalue weighted by atomic mass is 9.98. The maximum Gasteiger partial charge on any atom is 0.325 e. The number of nitrogens with zero attached hydrogens (tertiary/aromatic N) is 4. The minimum atomic E-state index is -0.657. The topological polar surface area (TPSA) is 81.5 Å². The van der Waals surface area contributed by atoms with Crippen molar-refractivity contribution in [3.05, 3.63) is 41.2 Å². The van der Waals surface area contributed by atoms with Crippen LogP contribution in [-0.4, -0.2) is 58.8 Å². The Morgan fingerprint density at radius 1 is 1.33 bits per heavy atom. The number of hydrogen-bond acceptors (Lipinski definition) is 7. The van der Waals surface area contributed by atoms with Gasteiger partial charge in [-0.15, -0.1) is 5.10 Å². The molecule has 162 valence electrons. The molecule has 1 aromatic heterocycles. The van der Waals surface area contributed by atoms with Crippen molar-refractivity contribution in [2.45, 2.75) is 50.9 Å². The Labute approximate surface area is 175 Å². The Bertz CT molecular complexity index is 866. The molecule has 4 rings (SSSR count). The van der Waals surface area contributed by atoms with Gasteiger partial charge < -0.3 is 9.57 Å². The van der Waals surface area contributed by atoms with E-state index in [4.69, 9.17) is 9.57 Å². The molecule has 2 aliphatic heterocycles. The first-order chi connectivity index (χ1) is 14.6. The molecule has 1 N–H and O–H groups in total. The Morgan fingerprint density at radius 3 is 2.97 bits per heavy atom. The molecule has 2 aromatic rings. The highest BCUT2D eigenvalue weighted by Crippen LogP contribution is 2.35. The van der Waals surface area contributed by atoms with Crippen LogP contribution in [0.25, 0.3) is 0 Å². The van der Waals surface area contributed by atoms with Gasteiger partial charge in [-0.2, -0.15) is 5.48 Å². The fourth-order valence-electron chi connectivity index (χ4n) is 4.08. The highest BCUT2D eigenvalue weighted by atomic mass is 19.1. The molecular weight excluding hydrogens is 389 g/mol. The van der Waals surface area contributed by atoms with Crippen molar-refractivity contribution < 1.29 is 18.8 Å². The van der Waals surface area contributed by atoms with Crippen LogP contribution in [0.1, 0.15) is 48.5 Å². The van der Waals surface area contributed by atoms with Crippen molar-refractivity contribution in [3.63, 3.8) is 0 Å². The van der Waals surface area contributed by atoms with Gasteiger partial charge in [0.25, 0.3) is 0 Å².